The zero-order chi connectivity index (χ0) is 25.3. The molecule has 0 radical (unpaired) electrons. The molecule has 0 aliphatic heterocycles. The zero-order valence-corrected chi connectivity index (χ0v) is 24.9. The van der Waals surface area contributed by atoms with Gasteiger partial charge in [-0.3, -0.25) is 0 Å². The van der Waals surface area contributed by atoms with Crippen molar-refractivity contribution in [2.24, 2.45) is 0 Å². The maximum absolute atomic E-state index is 2.93. The Kier molecular flexibility index (Phi) is 26.0. The molecule has 0 fully saturated rings. The van der Waals surface area contributed by atoms with Crippen LogP contribution in [0.15, 0.2) is 0 Å². The molecular weight excluding hydrogens is 413 g/mol. The van der Waals surface area contributed by atoms with Crippen LogP contribution in [-0.4, -0.2) is 60.8 Å². The van der Waals surface area contributed by atoms with E-state index in [0.29, 0.717) is 7.12 Å². The van der Waals surface area contributed by atoms with Gasteiger partial charge in [-0.15, -0.1) is 0 Å². The Morgan fingerprint density at radius 2 is 0.471 bits per heavy atom. The lowest BCUT2D eigenvalue weighted by molar-refractivity contribution is 0.247. The van der Waals surface area contributed by atoms with Crippen LogP contribution >= 0.6 is 0 Å². The number of rotatable bonds is 27. The Labute approximate surface area is 217 Å². The summed E-state index contributed by atoms with van der Waals surface area (Å²) in [5.74, 6) is 0. The summed E-state index contributed by atoms with van der Waals surface area (Å²) < 4.78 is 0. The first-order valence-electron chi connectivity index (χ1n) is 15.9. The van der Waals surface area contributed by atoms with Gasteiger partial charge in [0.05, 0.1) is 0 Å². The quantitative estimate of drug-likeness (QED) is 0.0859. The molecule has 0 saturated heterocycles. The van der Waals surface area contributed by atoms with Gasteiger partial charge in [0.25, 0.3) is 0 Å². The molecule has 4 heteroatoms. The van der Waals surface area contributed by atoms with E-state index in [1.54, 1.807) is 0 Å². The number of unbranched alkanes of at least 4 members (excludes halogenated alkanes) is 12. The highest BCUT2D eigenvalue weighted by Gasteiger charge is 2.35. The van der Waals surface area contributed by atoms with Crippen LogP contribution in [0.5, 0.6) is 0 Å². The van der Waals surface area contributed by atoms with E-state index < -0.39 is 0 Å². The van der Waals surface area contributed by atoms with Crippen LogP contribution < -0.4 is 0 Å². The summed E-state index contributed by atoms with van der Waals surface area (Å²) in [5, 5.41) is 0. The molecule has 0 aromatic carbocycles. The third kappa shape index (κ3) is 17.4. The molecule has 0 amide bonds. The Hall–Kier alpha value is -0.0551. The average Bonchev–Trinajstić information content (AvgIpc) is 2.84. The summed E-state index contributed by atoms with van der Waals surface area (Å²) in [4.78, 5) is 8.79. The van der Waals surface area contributed by atoms with Gasteiger partial charge in [0.1, 0.15) is 0 Å². The maximum atomic E-state index is 2.93. The highest BCUT2D eigenvalue weighted by atomic mass is 15.3. The molecule has 0 bridgehead atoms. The van der Waals surface area contributed by atoms with Crippen molar-refractivity contribution in [3.63, 3.8) is 0 Å². The molecule has 0 atom stereocenters. The van der Waals surface area contributed by atoms with E-state index in [2.05, 4.69) is 56.0 Å². The molecular formula is C30H66BN3. The van der Waals surface area contributed by atoms with Crippen molar-refractivity contribution in [2.75, 3.05) is 39.3 Å². The third-order valence-corrected chi connectivity index (χ3v) is 7.27. The Morgan fingerprint density at radius 1 is 0.294 bits per heavy atom. The Morgan fingerprint density at radius 3 is 0.618 bits per heavy atom. The van der Waals surface area contributed by atoms with Crippen LogP contribution in [0.25, 0.3) is 0 Å². The highest BCUT2D eigenvalue weighted by molar-refractivity contribution is 6.49. The Bertz CT molecular complexity index is 306. The van der Waals surface area contributed by atoms with Crippen molar-refractivity contribution in [2.45, 2.75) is 157 Å². The van der Waals surface area contributed by atoms with Crippen molar-refractivity contribution in [3.8, 4) is 0 Å². The average molecular weight is 480 g/mol. The molecule has 0 rings (SSSR count). The summed E-state index contributed by atoms with van der Waals surface area (Å²) in [7, 11) is 0.510. The summed E-state index contributed by atoms with van der Waals surface area (Å²) in [6, 6.07) is 0. The second-order valence-corrected chi connectivity index (χ2v) is 10.7. The monoisotopic (exact) mass is 480 g/mol. The first-order chi connectivity index (χ1) is 16.7. The molecule has 0 N–H and O–H groups in total. The van der Waals surface area contributed by atoms with E-state index >= 15 is 0 Å². The topological polar surface area (TPSA) is 9.72 Å². The molecule has 0 aliphatic rings. The van der Waals surface area contributed by atoms with Crippen molar-refractivity contribution in [1.29, 1.82) is 0 Å². The maximum Gasteiger partial charge on any atom is 0.403 e. The van der Waals surface area contributed by atoms with Gasteiger partial charge in [-0.2, -0.15) is 0 Å². The fraction of sp³-hybridized carbons (Fsp3) is 1.00. The van der Waals surface area contributed by atoms with E-state index in [0.717, 1.165) is 0 Å². The number of nitrogens with zero attached hydrogens (tertiary/aromatic N) is 3. The summed E-state index contributed by atoms with van der Waals surface area (Å²) in [6.07, 6.45) is 24.3. The smallest absolute Gasteiger partial charge is 0.314 e. The minimum atomic E-state index is 0.510. The van der Waals surface area contributed by atoms with Crippen molar-refractivity contribution < 1.29 is 0 Å². The number of hydrogen-bond acceptors (Lipinski definition) is 3. The highest BCUT2D eigenvalue weighted by Crippen LogP contribution is 2.17. The first kappa shape index (κ1) is 33.9. The molecule has 0 spiro atoms. The predicted octanol–water partition coefficient (Wildman–Crippen LogP) is 9.02. The number of hydrogen-bond donors (Lipinski definition) is 0. The molecule has 0 heterocycles. The van der Waals surface area contributed by atoms with E-state index in [-0.39, 0.29) is 0 Å². The zero-order valence-electron chi connectivity index (χ0n) is 24.9. The fourth-order valence-corrected chi connectivity index (χ4v) is 5.11. The van der Waals surface area contributed by atoms with Crippen LogP contribution in [0.4, 0.5) is 0 Å². The molecule has 34 heavy (non-hydrogen) atoms. The van der Waals surface area contributed by atoms with Crippen LogP contribution in [0, 0.1) is 0 Å². The van der Waals surface area contributed by atoms with Gasteiger partial charge in [-0.05, 0) is 77.8 Å². The van der Waals surface area contributed by atoms with Crippen molar-refractivity contribution in [1.82, 2.24) is 14.4 Å². The van der Waals surface area contributed by atoms with Crippen molar-refractivity contribution >= 4 is 7.12 Å². The van der Waals surface area contributed by atoms with E-state index in [1.165, 1.54) is 155 Å². The van der Waals surface area contributed by atoms with Crippen LogP contribution in [-0.2, 0) is 0 Å². The van der Waals surface area contributed by atoms with E-state index in [9.17, 15) is 0 Å². The van der Waals surface area contributed by atoms with Gasteiger partial charge in [0.15, 0.2) is 0 Å². The largest absolute Gasteiger partial charge is 0.403 e. The molecule has 0 saturated carbocycles. The second kappa shape index (κ2) is 26.0. The minimum Gasteiger partial charge on any atom is -0.314 e. The van der Waals surface area contributed by atoms with Crippen LogP contribution in [0.1, 0.15) is 157 Å². The standard InChI is InChI=1S/C30H66BN3/c1-7-13-19-25-32(26-20-14-8-2)31(33(27-21-15-9-3)28-22-16-10-4)34(29-23-17-11-5)30-24-18-12-6/h7-30H2,1-6H3. The summed E-state index contributed by atoms with van der Waals surface area (Å²) >= 11 is 0. The van der Waals surface area contributed by atoms with E-state index in [1.807, 2.05) is 0 Å². The van der Waals surface area contributed by atoms with Gasteiger partial charge in [0.2, 0.25) is 0 Å². The Balaban J connectivity index is 5.91. The van der Waals surface area contributed by atoms with Gasteiger partial charge in [-0.25, -0.2) is 0 Å². The lowest BCUT2D eigenvalue weighted by Gasteiger charge is -2.43. The van der Waals surface area contributed by atoms with Crippen LogP contribution in [0.3, 0.4) is 0 Å². The van der Waals surface area contributed by atoms with Gasteiger partial charge in [0, 0.05) is 0 Å². The molecule has 0 aliphatic carbocycles. The van der Waals surface area contributed by atoms with Gasteiger partial charge >= 0.3 is 7.12 Å². The lowest BCUT2D eigenvalue weighted by atomic mass is 9.80. The SMILES string of the molecule is CCCCCN(CCCCC)B(N(CCCCC)CCCCC)N(CCCCC)CCCCC. The minimum absolute atomic E-state index is 0.510. The second-order valence-electron chi connectivity index (χ2n) is 10.7. The third-order valence-electron chi connectivity index (χ3n) is 7.27. The summed E-state index contributed by atoms with van der Waals surface area (Å²) in [6.45, 7) is 21.8. The first-order valence-corrected chi connectivity index (χ1v) is 15.9. The molecule has 3 nitrogen and oxygen atoms in total. The molecule has 204 valence electrons. The molecule has 0 unspecified atom stereocenters. The summed E-state index contributed by atoms with van der Waals surface area (Å²) in [5.41, 5.74) is 0. The van der Waals surface area contributed by atoms with Gasteiger partial charge in [-0.1, -0.05) is 119 Å². The molecule has 0 aromatic rings. The van der Waals surface area contributed by atoms with Gasteiger partial charge < -0.3 is 14.4 Å². The lowest BCUT2D eigenvalue weighted by Crippen LogP contribution is -2.64. The predicted molar refractivity (Wildman–Crippen MR) is 158 cm³/mol. The van der Waals surface area contributed by atoms with Crippen molar-refractivity contribution in [3.05, 3.63) is 0 Å². The molecule has 0 aromatic heterocycles. The fourth-order valence-electron chi connectivity index (χ4n) is 5.11. The van der Waals surface area contributed by atoms with Crippen LogP contribution in [0.2, 0.25) is 0 Å². The normalized spacial score (nSPS) is 11.9. The van der Waals surface area contributed by atoms with E-state index in [4.69, 9.17) is 0 Å².